The molecule has 0 amide bonds. The first-order valence-electron chi connectivity index (χ1n) is 6.71. The Morgan fingerprint density at radius 3 is 2.48 bits per heavy atom. The molecule has 0 aromatic carbocycles. The minimum Gasteiger partial charge on any atom is -1.00 e. The van der Waals surface area contributed by atoms with Crippen LogP contribution in [-0.2, 0) is 26.2 Å². The van der Waals surface area contributed by atoms with Crippen LogP contribution in [-0.4, -0.2) is 0 Å². The summed E-state index contributed by atoms with van der Waals surface area (Å²) in [5.41, 5.74) is 3.57. The van der Waals surface area contributed by atoms with E-state index in [4.69, 9.17) is 8.83 Å². The van der Waals surface area contributed by atoms with Gasteiger partial charge < -0.3 is 33.6 Å². The van der Waals surface area contributed by atoms with Gasteiger partial charge in [-0.1, -0.05) is 18.6 Å². The second-order valence-electron chi connectivity index (χ2n) is 4.89. The largest absolute Gasteiger partial charge is 3.00 e. The number of allylic oxidation sites excluding steroid dienone is 8. The van der Waals surface area contributed by atoms with Gasteiger partial charge in [0, 0.05) is 0 Å². The first-order chi connectivity index (χ1) is 9.92. The second-order valence-corrected chi connectivity index (χ2v) is 4.89. The molecule has 2 aliphatic rings. The predicted molar refractivity (Wildman–Crippen MR) is 76.7 cm³/mol. The summed E-state index contributed by atoms with van der Waals surface area (Å²) >= 11 is 0. The summed E-state index contributed by atoms with van der Waals surface area (Å²) in [7, 11) is 0. The summed E-state index contributed by atoms with van der Waals surface area (Å²) in [5.74, 6) is 1.96. The minimum atomic E-state index is 0. The zero-order valence-corrected chi connectivity index (χ0v) is 16.1. The number of furan rings is 2. The molecule has 0 fully saturated rings. The molecule has 2 aromatic rings. The van der Waals surface area contributed by atoms with Crippen molar-refractivity contribution in [2.75, 3.05) is 0 Å². The molecule has 0 N–H and O–H groups in total. The topological polar surface area (TPSA) is 26.3 Å². The smallest absolute Gasteiger partial charge is 1.00 e. The minimum absolute atomic E-state index is 0. The predicted octanol–water partition coefficient (Wildman–Crippen LogP) is -1.33. The van der Waals surface area contributed by atoms with Crippen LogP contribution in [0, 0.1) is 6.08 Å². The first kappa shape index (κ1) is 20.0. The van der Waals surface area contributed by atoms with Gasteiger partial charge in [-0.2, -0.15) is 17.7 Å². The van der Waals surface area contributed by atoms with Crippen LogP contribution in [0.3, 0.4) is 0 Å². The molecular formula is C18H13Cl2O2Zr. The fourth-order valence-corrected chi connectivity index (χ4v) is 2.70. The third-order valence-corrected chi connectivity index (χ3v) is 3.66. The Kier molecular flexibility index (Phi) is 7.60. The molecule has 0 spiro atoms. The third kappa shape index (κ3) is 3.91. The standard InChI is InChI=1S/C18H13O2.2ClH.Zr/c1-4-15(16(5-1)18-7-3-11-20-18)13-8-9-14(12-13)17-6-2-10-19-17;;;/h1-3,5-11,14H,4H2;2*1H;/q-1;;;+3/p-2. The second kappa shape index (κ2) is 8.73. The van der Waals surface area contributed by atoms with Crippen LogP contribution in [0.25, 0.3) is 5.57 Å². The van der Waals surface area contributed by atoms with E-state index in [-0.39, 0.29) is 56.9 Å². The molecule has 1 radical (unpaired) electrons. The SMILES string of the molecule is [C-]1=C(C2=C(c3ccco3)C=CC2)C=CC1c1ccco1.[Cl-].[Cl-].[Zr+3]. The summed E-state index contributed by atoms with van der Waals surface area (Å²) in [6.45, 7) is 0. The maximum absolute atomic E-state index is 5.51. The maximum Gasteiger partial charge on any atom is 3.00 e. The molecule has 0 saturated heterocycles. The summed E-state index contributed by atoms with van der Waals surface area (Å²) in [6, 6.07) is 7.81. The molecule has 0 bridgehead atoms. The Morgan fingerprint density at radius 2 is 1.78 bits per heavy atom. The Bertz CT molecular complexity index is 738. The van der Waals surface area contributed by atoms with E-state index < -0.39 is 0 Å². The molecule has 1 unspecified atom stereocenters. The number of halogens is 2. The summed E-state index contributed by atoms with van der Waals surface area (Å²) < 4.78 is 11.0. The van der Waals surface area contributed by atoms with Gasteiger partial charge in [0.15, 0.2) is 0 Å². The fourth-order valence-electron chi connectivity index (χ4n) is 2.70. The van der Waals surface area contributed by atoms with Gasteiger partial charge in [0.2, 0.25) is 0 Å². The van der Waals surface area contributed by atoms with Gasteiger partial charge in [-0.3, -0.25) is 0 Å². The Morgan fingerprint density at radius 1 is 1.00 bits per heavy atom. The van der Waals surface area contributed by atoms with Gasteiger partial charge in [0.25, 0.3) is 0 Å². The Labute approximate surface area is 167 Å². The summed E-state index contributed by atoms with van der Waals surface area (Å²) in [6.07, 6.45) is 16.4. The molecule has 2 aliphatic carbocycles. The van der Waals surface area contributed by atoms with E-state index in [1.165, 1.54) is 5.57 Å². The van der Waals surface area contributed by atoms with Crippen LogP contribution in [0.5, 0.6) is 0 Å². The van der Waals surface area contributed by atoms with Gasteiger partial charge in [0.1, 0.15) is 11.5 Å². The van der Waals surface area contributed by atoms with E-state index >= 15 is 0 Å². The Hall–Kier alpha value is -1.02. The van der Waals surface area contributed by atoms with Crippen molar-refractivity contribution < 1.29 is 59.9 Å². The van der Waals surface area contributed by atoms with Crippen LogP contribution in [0.2, 0.25) is 0 Å². The molecule has 1 atom stereocenters. The molecule has 4 rings (SSSR count). The van der Waals surface area contributed by atoms with Crippen molar-refractivity contribution in [1.82, 2.24) is 0 Å². The van der Waals surface area contributed by atoms with Gasteiger partial charge in [-0.15, -0.1) is 11.6 Å². The fraction of sp³-hybridized carbons (Fsp3) is 0.111. The van der Waals surface area contributed by atoms with Crippen molar-refractivity contribution in [2.24, 2.45) is 0 Å². The quantitative estimate of drug-likeness (QED) is 0.573. The van der Waals surface area contributed by atoms with E-state index in [9.17, 15) is 0 Å². The van der Waals surface area contributed by atoms with E-state index in [0.29, 0.717) is 0 Å². The normalized spacial score (nSPS) is 18.3. The summed E-state index contributed by atoms with van der Waals surface area (Å²) in [4.78, 5) is 0. The third-order valence-electron chi connectivity index (χ3n) is 3.66. The number of hydrogen-bond acceptors (Lipinski definition) is 2. The molecule has 0 aliphatic heterocycles. The van der Waals surface area contributed by atoms with Gasteiger partial charge >= 0.3 is 26.2 Å². The summed E-state index contributed by atoms with van der Waals surface area (Å²) in [5, 5.41) is 0. The van der Waals surface area contributed by atoms with Crippen molar-refractivity contribution in [2.45, 2.75) is 12.3 Å². The van der Waals surface area contributed by atoms with Gasteiger partial charge in [-0.25, -0.2) is 0 Å². The van der Waals surface area contributed by atoms with Crippen LogP contribution < -0.4 is 24.8 Å². The molecule has 23 heavy (non-hydrogen) atoms. The molecular weight excluding hydrogens is 410 g/mol. The number of hydrogen-bond donors (Lipinski definition) is 0. The monoisotopic (exact) mass is 421 g/mol. The van der Waals surface area contributed by atoms with Gasteiger partial charge in [0.05, 0.1) is 12.5 Å². The van der Waals surface area contributed by atoms with Crippen molar-refractivity contribution in [3.8, 4) is 0 Å². The van der Waals surface area contributed by atoms with E-state index in [2.05, 4.69) is 30.4 Å². The Balaban J connectivity index is 0.000000882. The zero-order chi connectivity index (χ0) is 13.4. The van der Waals surface area contributed by atoms with Crippen molar-refractivity contribution in [3.05, 3.63) is 89.8 Å². The van der Waals surface area contributed by atoms with Crippen molar-refractivity contribution >= 4 is 5.57 Å². The number of rotatable bonds is 3. The molecule has 2 nitrogen and oxygen atoms in total. The van der Waals surface area contributed by atoms with Crippen molar-refractivity contribution in [3.63, 3.8) is 0 Å². The molecule has 2 heterocycles. The molecule has 5 heteroatoms. The van der Waals surface area contributed by atoms with Crippen LogP contribution in [0.15, 0.2) is 81.1 Å². The van der Waals surface area contributed by atoms with Crippen LogP contribution in [0.1, 0.15) is 23.9 Å². The molecule has 2 aromatic heterocycles. The average Bonchev–Trinajstić information content (AvgIpc) is 3.23. The van der Waals surface area contributed by atoms with Crippen LogP contribution in [0.4, 0.5) is 0 Å². The van der Waals surface area contributed by atoms with Crippen molar-refractivity contribution in [1.29, 1.82) is 0 Å². The van der Waals surface area contributed by atoms with Crippen LogP contribution >= 0.6 is 0 Å². The van der Waals surface area contributed by atoms with E-state index in [1.807, 2.05) is 24.3 Å². The molecule has 0 saturated carbocycles. The maximum atomic E-state index is 5.51. The van der Waals surface area contributed by atoms with E-state index in [1.54, 1.807) is 12.5 Å². The van der Waals surface area contributed by atoms with Gasteiger partial charge in [-0.05, 0) is 35.8 Å². The van der Waals surface area contributed by atoms with E-state index in [0.717, 1.165) is 29.1 Å². The average molecular weight is 423 g/mol. The molecule has 115 valence electrons. The first-order valence-corrected chi connectivity index (χ1v) is 6.71. The zero-order valence-electron chi connectivity index (χ0n) is 12.1.